The number of methoxy groups -OCH3 is 1. The summed E-state index contributed by atoms with van der Waals surface area (Å²) in [6, 6.07) is -0.385. The second-order valence-corrected chi connectivity index (χ2v) is 12.0. The van der Waals surface area contributed by atoms with Crippen LogP contribution in [0.15, 0.2) is 11.6 Å². The van der Waals surface area contributed by atoms with Gasteiger partial charge in [0.05, 0.1) is 24.7 Å². The number of ether oxygens (including phenoxy) is 5. The molecular formula is C29H51N3O7. The lowest BCUT2D eigenvalue weighted by atomic mass is 9.68. The lowest BCUT2D eigenvalue weighted by Gasteiger charge is -2.42. The Morgan fingerprint density at radius 2 is 1.87 bits per heavy atom. The first-order chi connectivity index (χ1) is 18.6. The zero-order valence-electron chi connectivity index (χ0n) is 24.8. The number of epoxide rings is 2. The van der Waals surface area contributed by atoms with Gasteiger partial charge in [0.1, 0.15) is 30.0 Å². The number of hydrogen-bond donors (Lipinski definition) is 3. The quantitative estimate of drug-likeness (QED) is 0.157. The van der Waals surface area contributed by atoms with Crippen LogP contribution >= 0.6 is 0 Å². The van der Waals surface area contributed by atoms with Crippen molar-refractivity contribution in [2.45, 2.75) is 115 Å². The second-order valence-electron chi connectivity index (χ2n) is 12.0. The van der Waals surface area contributed by atoms with Gasteiger partial charge in [-0.1, -0.05) is 38.3 Å². The number of amides is 2. The van der Waals surface area contributed by atoms with Gasteiger partial charge in [-0.3, -0.25) is 0 Å². The minimum absolute atomic E-state index is 0.0386. The van der Waals surface area contributed by atoms with Gasteiger partial charge in [-0.15, -0.1) is 0 Å². The van der Waals surface area contributed by atoms with E-state index in [1.807, 2.05) is 13.8 Å². The van der Waals surface area contributed by atoms with E-state index in [2.05, 4.69) is 37.5 Å². The topological polar surface area (TPSA) is 137 Å². The average molecular weight is 554 g/mol. The van der Waals surface area contributed by atoms with Crippen molar-refractivity contribution in [2.24, 2.45) is 17.6 Å². The fraction of sp³-hybridized carbons (Fsp3) is 0.862. The lowest BCUT2D eigenvalue weighted by Crippen LogP contribution is -2.56. The standard InChI is InChI=1S/C29H51N3O7/c1-19(2)11-12-23-28(5,39-23)25-24(35-6)22(13-14-29(25)18-37-29)38-27(34)32-21(20(3)4)17-36-26(33)31-16-10-8-7-9-15-30/h11,20-25H,7-10,12-18,30H2,1-6H3,(H,31,33)(H,32,34)/t21-,22?,23+,24?,25?,28?,29-/m0/s1. The highest BCUT2D eigenvalue weighted by molar-refractivity contribution is 5.69. The molecule has 4 N–H and O–H groups in total. The zero-order chi connectivity index (χ0) is 28.6. The van der Waals surface area contributed by atoms with Gasteiger partial charge in [-0.2, -0.15) is 0 Å². The Hall–Kier alpha value is -1.88. The average Bonchev–Trinajstić information content (AvgIpc) is 3.80. The predicted octanol–water partition coefficient (Wildman–Crippen LogP) is 4.06. The van der Waals surface area contributed by atoms with Crippen LogP contribution in [0.25, 0.3) is 0 Å². The van der Waals surface area contributed by atoms with E-state index < -0.39 is 23.9 Å². The van der Waals surface area contributed by atoms with Gasteiger partial charge in [-0.25, -0.2) is 9.59 Å². The molecule has 2 saturated heterocycles. The Labute approximate surface area is 234 Å². The molecule has 1 saturated carbocycles. The summed E-state index contributed by atoms with van der Waals surface area (Å²) < 4.78 is 29.5. The summed E-state index contributed by atoms with van der Waals surface area (Å²) in [5.41, 5.74) is 6.08. The Bertz CT molecular complexity index is 843. The predicted molar refractivity (Wildman–Crippen MR) is 148 cm³/mol. The van der Waals surface area contributed by atoms with Crippen molar-refractivity contribution in [2.75, 3.05) is 33.4 Å². The van der Waals surface area contributed by atoms with Gasteiger partial charge in [0.2, 0.25) is 0 Å². The summed E-state index contributed by atoms with van der Waals surface area (Å²) in [6.07, 6.45) is 6.68. The number of nitrogens with two attached hydrogens (primary N) is 1. The third-order valence-electron chi connectivity index (χ3n) is 8.40. The van der Waals surface area contributed by atoms with Crippen LogP contribution in [0.5, 0.6) is 0 Å². The van der Waals surface area contributed by atoms with E-state index in [9.17, 15) is 9.59 Å². The molecule has 1 aliphatic carbocycles. The molecule has 224 valence electrons. The number of hydrogen-bond acceptors (Lipinski definition) is 8. The van der Waals surface area contributed by atoms with Crippen LogP contribution in [0.4, 0.5) is 9.59 Å². The van der Waals surface area contributed by atoms with E-state index in [-0.39, 0.29) is 42.3 Å². The maximum atomic E-state index is 13.0. The third-order valence-corrected chi connectivity index (χ3v) is 8.40. The van der Waals surface area contributed by atoms with Gasteiger partial charge in [0.25, 0.3) is 0 Å². The molecule has 10 nitrogen and oxygen atoms in total. The normalized spacial score (nSPS) is 31.9. The smallest absolute Gasteiger partial charge is 0.407 e. The fourth-order valence-electron chi connectivity index (χ4n) is 5.82. The Morgan fingerprint density at radius 1 is 1.15 bits per heavy atom. The molecule has 2 heterocycles. The van der Waals surface area contributed by atoms with Gasteiger partial charge in [0, 0.05) is 13.7 Å². The van der Waals surface area contributed by atoms with E-state index in [0.717, 1.165) is 38.5 Å². The third kappa shape index (κ3) is 8.55. The second kappa shape index (κ2) is 14.1. The highest BCUT2D eigenvalue weighted by Crippen LogP contribution is 2.59. The molecule has 7 atom stereocenters. The summed E-state index contributed by atoms with van der Waals surface area (Å²) in [6.45, 7) is 12.2. The number of alkyl carbamates (subject to hydrolysis) is 2. The number of nitrogens with one attached hydrogen (secondary N) is 2. The number of unbranched alkanes of at least 4 members (excludes halogenated alkanes) is 3. The van der Waals surface area contributed by atoms with Crippen molar-refractivity contribution in [3.05, 3.63) is 11.6 Å². The van der Waals surface area contributed by atoms with Gasteiger partial charge in [0.15, 0.2) is 0 Å². The van der Waals surface area contributed by atoms with Crippen molar-refractivity contribution >= 4 is 12.2 Å². The van der Waals surface area contributed by atoms with E-state index >= 15 is 0 Å². The summed E-state index contributed by atoms with van der Waals surface area (Å²) in [5, 5.41) is 5.66. The van der Waals surface area contributed by atoms with Crippen LogP contribution in [0, 0.1) is 11.8 Å². The molecule has 3 rings (SSSR count). The summed E-state index contributed by atoms with van der Waals surface area (Å²) in [4.78, 5) is 25.1. The highest BCUT2D eigenvalue weighted by atomic mass is 16.6. The number of carbonyl (C=O) groups is 2. The first-order valence-corrected chi connectivity index (χ1v) is 14.6. The summed E-state index contributed by atoms with van der Waals surface area (Å²) >= 11 is 0. The fourth-order valence-corrected chi connectivity index (χ4v) is 5.82. The molecule has 0 aromatic rings. The largest absolute Gasteiger partial charge is 0.447 e. The molecule has 39 heavy (non-hydrogen) atoms. The first kappa shape index (κ1) is 31.6. The number of rotatable bonds is 15. The SMILES string of the molecule is COC1C(OC(=O)N[C@@H](COC(=O)NCCCCCCN)C(C)C)CC[C@]2(CO2)C1C1(C)O[C@@H]1CC=C(C)C. The summed E-state index contributed by atoms with van der Waals surface area (Å²) in [5.74, 6) is -0.00275. The minimum Gasteiger partial charge on any atom is -0.447 e. The molecule has 0 radical (unpaired) electrons. The number of allylic oxidation sites excluding steroid dienone is 1. The molecule has 0 aromatic carbocycles. The van der Waals surface area contributed by atoms with Gasteiger partial charge in [-0.05, 0) is 65.3 Å². The van der Waals surface area contributed by atoms with Crippen molar-refractivity contribution in [1.29, 1.82) is 0 Å². The minimum atomic E-state index is -0.543. The van der Waals surface area contributed by atoms with Gasteiger partial charge < -0.3 is 40.1 Å². The van der Waals surface area contributed by atoms with E-state index in [4.69, 9.17) is 29.4 Å². The van der Waals surface area contributed by atoms with Crippen molar-refractivity contribution < 1.29 is 33.3 Å². The Kier molecular flexibility index (Phi) is 11.5. The molecule has 4 unspecified atom stereocenters. The van der Waals surface area contributed by atoms with Crippen molar-refractivity contribution in [3.63, 3.8) is 0 Å². The van der Waals surface area contributed by atoms with Crippen LogP contribution in [0.2, 0.25) is 0 Å². The molecule has 0 aromatic heterocycles. The molecule has 10 heteroatoms. The molecule has 1 spiro atoms. The zero-order valence-corrected chi connectivity index (χ0v) is 24.8. The van der Waals surface area contributed by atoms with E-state index in [1.165, 1.54) is 5.57 Å². The van der Waals surface area contributed by atoms with E-state index in [0.29, 0.717) is 26.1 Å². The van der Waals surface area contributed by atoms with Gasteiger partial charge >= 0.3 is 12.2 Å². The molecule has 2 aliphatic heterocycles. The maximum Gasteiger partial charge on any atom is 0.407 e. The van der Waals surface area contributed by atoms with Crippen LogP contribution in [0.3, 0.4) is 0 Å². The Morgan fingerprint density at radius 3 is 2.49 bits per heavy atom. The molecular weight excluding hydrogens is 502 g/mol. The van der Waals surface area contributed by atoms with Crippen molar-refractivity contribution in [3.8, 4) is 0 Å². The monoisotopic (exact) mass is 553 g/mol. The van der Waals surface area contributed by atoms with Crippen LogP contribution in [0.1, 0.15) is 79.6 Å². The highest BCUT2D eigenvalue weighted by Gasteiger charge is 2.72. The molecule has 0 bridgehead atoms. The van der Waals surface area contributed by atoms with Crippen LogP contribution < -0.4 is 16.4 Å². The Balaban J connectivity index is 1.51. The van der Waals surface area contributed by atoms with Crippen LogP contribution in [-0.2, 0) is 23.7 Å². The molecule has 3 aliphatic rings. The summed E-state index contributed by atoms with van der Waals surface area (Å²) in [7, 11) is 1.66. The lowest BCUT2D eigenvalue weighted by molar-refractivity contribution is -0.118. The molecule has 2 amide bonds. The first-order valence-electron chi connectivity index (χ1n) is 14.6. The van der Waals surface area contributed by atoms with Crippen LogP contribution in [-0.4, -0.2) is 81.2 Å². The van der Waals surface area contributed by atoms with E-state index in [1.54, 1.807) is 7.11 Å². The maximum absolute atomic E-state index is 13.0. The molecule has 3 fully saturated rings. The number of carbonyl (C=O) groups excluding carboxylic acids is 2. The van der Waals surface area contributed by atoms with Crippen molar-refractivity contribution in [1.82, 2.24) is 10.6 Å².